The van der Waals surface area contributed by atoms with E-state index in [9.17, 15) is 0 Å². The average Bonchev–Trinajstić information content (AvgIpc) is 2.37. The molecule has 0 aliphatic carbocycles. The van der Waals surface area contributed by atoms with E-state index in [1.807, 2.05) is 25.1 Å². The molecule has 0 fully saturated rings. The summed E-state index contributed by atoms with van der Waals surface area (Å²) in [6.45, 7) is 4.95. The number of nitrogens with one attached hydrogen (secondary N) is 1. The summed E-state index contributed by atoms with van der Waals surface area (Å²) in [6.07, 6.45) is 1.08. The molecule has 0 aliphatic heterocycles. The molecule has 1 aromatic carbocycles. The highest BCUT2D eigenvalue weighted by Crippen LogP contribution is 2.11. The zero-order valence-electron chi connectivity index (χ0n) is 10.4. The molecule has 0 saturated heterocycles. The Hall–Kier alpha value is -1.83. The van der Waals surface area contributed by atoms with Crippen molar-refractivity contribution in [2.75, 3.05) is 5.32 Å². The fourth-order valence-corrected chi connectivity index (χ4v) is 1.75. The van der Waals surface area contributed by atoms with Crippen LogP contribution in [0.3, 0.4) is 0 Å². The van der Waals surface area contributed by atoms with Gasteiger partial charge in [0.2, 0.25) is 0 Å². The molecule has 2 rings (SSSR count). The van der Waals surface area contributed by atoms with Crippen molar-refractivity contribution in [1.29, 1.82) is 0 Å². The van der Waals surface area contributed by atoms with E-state index >= 15 is 0 Å². The summed E-state index contributed by atoms with van der Waals surface area (Å²) >= 11 is 0. The van der Waals surface area contributed by atoms with Crippen LogP contribution in [0.5, 0.6) is 0 Å². The lowest BCUT2D eigenvalue weighted by Crippen LogP contribution is -2.02. The molecule has 1 heterocycles. The van der Waals surface area contributed by atoms with Gasteiger partial charge in [0.05, 0.1) is 12.2 Å². The monoisotopic (exact) mass is 226 g/mol. The van der Waals surface area contributed by atoms with Crippen molar-refractivity contribution in [3.63, 3.8) is 0 Å². The van der Waals surface area contributed by atoms with Crippen LogP contribution < -0.4 is 5.32 Å². The Labute approximate surface area is 103 Å². The summed E-state index contributed by atoms with van der Waals surface area (Å²) in [7, 11) is 0. The molecule has 0 saturated carbocycles. The highest BCUT2D eigenvalue weighted by molar-refractivity contribution is 5.44. The Kier molecular flexibility index (Phi) is 3.76. The molecule has 0 radical (unpaired) electrons. The van der Waals surface area contributed by atoms with E-state index in [0.29, 0.717) is 0 Å². The van der Waals surface area contributed by atoms with Gasteiger partial charge in [-0.15, -0.1) is 0 Å². The molecular formula is C15H18N2. The van der Waals surface area contributed by atoms with E-state index in [0.717, 1.165) is 30.0 Å². The molecule has 0 unspecified atom stereocenters. The van der Waals surface area contributed by atoms with Crippen LogP contribution in [0.15, 0.2) is 42.5 Å². The number of anilines is 1. The van der Waals surface area contributed by atoms with E-state index < -0.39 is 0 Å². The number of aryl methyl sites for hydroxylation is 2. The highest BCUT2D eigenvalue weighted by Gasteiger charge is 1.96. The van der Waals surface area contributed by atoms with Crippen LogP contribution in [-0.4, -0.2) is 4.98 Å². The predicted octanol–water partition coefficient (Wildman–Crippen LogP) is 3.56. The van der Waals surface area contributed by atoms with Crippen molar-refractivity contribution in [2.24, 2.45) is 0 Å². The zero-order valence-corrected chi connectivity index (χ0v) is 10.4. The molecule has 0 spiro atoms. The minimum atomic E-state index is 0.771. The van der Waals surface area contributed by atoms with Gasteiger partial charge < -0.3 is 5.32 Å². The first-order valence-corrected chi connectivity index (χ1v) is 6.03. The summed E-state index contributed by atoms with van der Waals surface area (Å²) in [5.41, 5.74) is 4.64. The molecule has 88 valence electrons. The quantitative estimate of drug-likeness (QED) is 0.862. The molecule has 2 heteroatoms. The van der Waals surface area contributed by atoms with E-state index in [1.54, 1.807) is 0 Å². The van der Waals surface area contributed by atoms with Crippen molar-refractivity contribution in [3.8, 4) is 0 Å². The number of hydrogen-bond acceptors (Lipinski definition) is 2. The largest absolute Gasteiger partial charge is 0.379 e. The third-order valence-corrected chi connectivity index (χ3v) is 2.78. The van der Waals surface area contributed by atoms with Gasteiger partial charge in [-0.1, -0.05) is 25.1 Å². The molecule has 0 aliphatic rings. The van der Waals surface area contributed by atoms with Crippen molar-refractivity contribution in [2.45, 2.75) is 26.8 Å². The molecular weight excluding hydrogens is 208 g/mol. The molecule has 2 aromatic rings. The maximum atomic E-state index is 4.46. The number of benzene rings is 1. The second kappa shape index (κ2) is 5.48. The van der Waals surface area contributed by atoms with Gasteiger partial charge in [-0.05, 0) is 43.2 Å². The van der Waals surface area contributed by atoms with Crippen LogP contribution in [-0.2, 0) is 13.0 Å². The first kappa shape index (κ1) is 11.6. The molecule has 1 aromatic heterocycles. The normalized spacial score (nSPS) is 10.2. The molecule has 2 nitrogen and oxygen atoms in total. The molecule has 0 amide bonds. The Bertz CT molecular complexity index is 475. The van der Waals surface area contributed by atoms with Gasteiger partial charge in [0.25, 0.3) is 0 Å². The van der Waals surface area contributed by atoms with Crippen LogP contribution in [0.2, 0.25) is 0 Å². The minimum absolute atomic E-state index is 0.771. The summed E-state index contributed by atoms with van der Waals surface area (Å²) in [5, 5.41) is 3.38. The van der Waals surface area contributed by atoms with Gasteiger partial charge >= 0.3 is 0 Å². The Balaban J connectivity index is 1.97. The van der Waals surface area contributed by atoms with Crippen molar-refractivity contribution >= 4 is 5.69 Å². The SMILES string of the molecule is CCc1ccc(NCc2cccc(C)n2)cc1. The second-order valence-electron chi connectivity index (χ2n) is 4.17. The van der Waals surface area contributed by atoms with Crippen molar-refractivity contribution < 1.29 is 0 Å². The van der Waals surface area contributed by atoms with E-state index in [2.05, 4.69) is 41.5 Å². The predicted molar refractivity (Wildman–Crippen MR) is 72.1 cm³/mol. The van der Waals surface area contributed by atoms with E-state index in [-0.39, 0.29) is 0 Å². The van der Waals surface area contributed by atoms with Gasteiger partial charge in [0.1, 0.15) is 0 Å². The number of hydrogen-bond donors (Lipinski definition) is 1. The average molecular weight is 226 g/mol. The second-order valence-corrected chi connectivity index (χ2v) is 4.17. The highest BCUT2D eigenvalue weighted by atomic mass is 14.9. The van der Waals surface area contributed by atoms with E-state index in [4.69, 9.17) is 0 Å². The maximum Gasteiger partial charge on any atom is 0.0597 e. The summed E-state index contributed by atoms with van der Waals surface area (Å²) in [5.74, 6) is 0. The van der Waals surface area contributed by atoms with Crippen LogP contribution >= 0.6 is 0 Å². The Morgan fingerprint density at radius 3 is 2.47 bits per heavy atom. The van der Waals surface area contributed by atoms with Crippen molar-refractivity contribution in [1.82, 2.24) is 4.98 Å². The first-order chi connectivity index (χ1) is 8.28. The third kappa shape index (κ3) is 3.31. The standard InChI is InChI=1S/C15H18N2/c1-3-13-7-9-14(10-8-13)16-11-15-6-4-5-12(2)17-15/h4-10,16H,3,11H2,1-2H3. The van der Waals surface area contributed by atoms with Crippen molar-refractivity contribution in [3.05, 3.63) is 59.4 Å². The molecule has 17 heavy (non-hydrogen) atoms. The van der Waals surface area contributed by atoms with E-state index in [1.165, 1.54) is 5.56 Å². The lowest BCUT2D eigenvalue weighted by molar-refractivity contribution is 1.01. The first-order valence-electron chi connectivity index (χ1n) is 6.03. The maximum absolute atomic E-state index is 4.46. The summed E-state index contributed by atoms with van der Waals surface area (Å²) < 4.78 is 0. The minimum Gasteiger partial charge on any atom is -0.379 e. The van der Waals surface area contributed by atoms with Gasteiger partial charge in [0, 0.05) is 11.4 Å². The third-order valence-electron chi connectivity index (χ3n) is 2.78. The molecule has 1 N–H and O–H groups in total. The number of aromatic nitrogens is 1. The van der Waals surface area contributed by atoms with Crippen LogP contribution in [0.25, 0.3) is 0 Å². The van der Waals surface area contributed by atoms with Gasteiger partial charge in [-0.25, -0.2) is 0 Å². The van der Waals surface area contributed by atoms with Gasteiger partial charge in [0.15, 0.2) is 0 Å². The van der Waals surface area contributed by atoms with Gasteiger partial charge in [-0.3, -0.25) is 4.98 Å². The summed E-state index contributed by atoms with van der Waals surface area (Å²) in [4.78, 5) is 4.46. The molecule has 0 atom stereocenters. The summed E-state index contributed by atoms with van der Waals surface area (Å²) in [6, 6.07) is 14.7. The van der Waals surface area contributed by atoms with Crippen LogP contribution in [0.1, 0.15) is 23.9 Å². The smallest absolute Gasteiger partial charge is 0.0597 e. The number of pyridine rings is 1. The fraction of sp³-hybridized carbons (Fsp3) is 0.267. The topological polar surface area (TPSA) is 24.9 Å². The van der Waals surface area contributed by atoms with Crippen LogP contribution in [0, 0.1) is 6.92 Å². The fourth-order valence-electron chi connectivity index (χ4n) is 1.75. The Morgan fingerprint density at radius 1 is 1.06 bits per heavy atom. The van der Waals surface area contributed by atoms with Crippen LogP contribution in [0.4, 0.5) is 5.69 Å². The Morgan fingerprint density at radius 2 is 1.82 bits per heavy atom. The number of nitrogens with zero attached hydrogens (tertiary/aromatic N) is 1. The zero-order chi connectivity index (χ0) is 12.1. The number of rotatable bonds is 4. The van der Waals surface area contributed by atoms with Gasteiger partial charge in [-0.2, -0.15) is 0 Å². The molecule has 0 bridgehead atoms. The lowest BCUT2D eigenvalue weighted by atomic mass is 10.1. The lowest BCUT2D eigenvalue weighted by Gasteiger charge is -2.07.